The number of rotatable bonds is 6. The lowest BCUT2D eigenvalue weighted by molar-refractivity contribution is -0.133. The molecule has 0 atom stereocenters. The molecule has 1 aliphatic heterocycles. The van der Waals surface area contributed by atoms with E-state index in [-0.39, 0.29) is 12.5 Å². The molecule has 0 aliphatic carbocycles. The first-order chi connectivity index (χ1) is 13.5. The molecule has 2 aromatic carbocycles. The van der Waals surface area contributed by atoms with Gasteiger partial charge in [-0.3, -0.25) is 9.69 Å². The maximum atomic E-state index is 12.5. The van der Waals surface area contributed by atoms with Gasteiger partial charge in [-0.25, -0.2) is 0 Å². The molecule has 0 radical (unpaired) electrons. The summed E-state index contributed by atoms with van der Waals surface area (Å²) >= 11 is 11.9. The van der Waals surface area contributed by atoms with Gasteiger partial charge in [0.15, 0.2) is 6.61 Å². The largest absolute Gasteiger partial charge is 0.497 e. The SMILES string of the molecule is COc1ccc(CN2CCCN(C(=O)COc3ccc(Cl)c(Cl)c3)CC2)cc1. The lowest BCUT2D eigenvalue weighted by Crippen LogP contribution is -2.38. The Morgan fingerprint density at radius 2 is 1.71 bits per heavy atom. The fraction of sp³-hybridized carbons (Fsp3) is 0.381. The summed E-state index contributed by atoms with van der Waals surface area (Å²) in [4.78, 5) is 16.8. The lowest BCUT2D eigenvalue weighted by atomic mass is 10.2. The highest BCUT2D eigenvalue weighted by molar-refractivity contribution is 6.42. The van der Waals surface area contributed by atoms with Crippen molar-refractivity contribution in [2.75, 3.05) is 39.9 Å². The van der Waals surface area contributed by atoms with Crippen molar-refractivity contribution in [3.8, 4) is 11.5 Å². The van der Waals surface area contributed by atoms with Crippen LogP contribution < -0.4 is 9.47 Å². The van der Waals surface area contributed by atoms with E-state index in [1.165, 1.54) is 5.56 Å². The Morgan fingerprint density at radius 1 is 0.964 bits per heavy atom. The van der Waals surface area contributed by atoms with E-state index >= 15 is 0 Å². The summed E-state index contributed by atoms with van der Waals surface area (Å²) in [6, 6.07) is 13.1. The van der Waals surface area contributed by atoms with E-state index < -0.39 is 0 Å². The van der Waals surface area contributed by atoms with Gasteiger partial charge in [-0.2, -0.15) is 0 Å². The summed E-state index contributed by atoms with van der Waals surface area (Å²) in [6.45, 7) is 4.10. The van der Waals surface area contributed by atoms with Crippen molar-refractivity contribution in [2.45, 2.75) is 13.0 Å². The number of benzene rings is 2. The standard InChI is InChI=1S/C21H24Cl2N2O3/c1-27-17-5-3-16(4-6-17)14-24-9-2-10-25(12-11-24)21(26)15-28-18-7-8-19(22)20(23)13-18/h3-8,13H,2,9-12,14-15H2,1H3. The summed E-state index contributed by atoms with van der Waals surface area (Å²) in [6.07, 6.45) is 0.939. The molecule has 2 aromatic rings. The third-order valence-electron chi connectivity index (χ3n) is 4.76. The van der Waals surface area contributed by atoms with Crippen LogP contribution in [0.3, 0.4) is 0 Å². The minimum absolute atomic E-state index is 0.00353. The zero-order valence-corrected chi connectivity index (χ0v) is 17.4. The average molecular weight is 423 g/mol. The number of hydrogen-bond acceptors (Lipinski definition) is 4. The molecule has 28 heavy (non-hydrogen) atoms. The summed E-state index contributed by atoms with van der Waals surface area (Å²) in [5, 5.41) is 0.875. The van der Waals surface area contributed by atoms with Gasteiger partial charge in [0, 0.05) is 38.8 Å². The Bertz CT molecular complexity index is 799. The van der Waals surface area contributed by atoms with Crippen molar-refractivity contribution in [1.82, 2.24) is 9.80 Å². The van der Waals surface area contributed by atoms with Crippen molar-refractivity contribution in [3.05, 3.63) is 58.1 Å². The molecule has 1 fully saturated rings. The monoisotopic (exact) mass is 422 g/mol. The first kappa shape index (κ1) is 20.8. The maximum Gasteiger partial charge on any atom is 0.260 e. The Kier molecular flexibility index (Phi) is 7.43. The third kappa shape index (κ3) is 5.77. The fourth-order valence-corrected chi connectivity index (χ4v) is 3.46. The number of halogens is 2. The number of carbonyl (C=O) groups excluding carboxylic acids is 1. The van der Waals surface area contributed by atoms with Crippen molar-refractivity contribution in [2.24, 2.45) is 0 Å². The van der Waals surface area contributed by atoms with Crippen LogP contribution in [0.4, 0.5) is 0 Å². The van der Waals surface area contributed by atoms with Crippen LogP contribution in [0.15, 0.2) is 42.5 Å². The Labute approximate surface area is 175 Å². The molecule has 0 aromatic heterocycles. The molecule has 7 heteroatoms. The molecule has 0 bridgehead atoms. The highest BCUT2D eigenvalue weighted by atomic mass is 35.5. The minimum Gasteiger partial charge on any atom is -0.497 e. The summed E-state index contributed by atoms with van der Waals surface area (Å²) in [5.41, 5.74) is 1.24. The number of methoxy groups -OCH3 is 1. The summed E-state index contributed by atoms with van der Waals surface area (Å²) < 4.78 is 10.8. The lowest BCUT2D eigenvalue weighted by Gasteiger charge is -2.22. The van der Waals surface area contributed by atoms with Crippen LogP contribution in [-0.2, 0) is 11.3 Å². The molecular weight excluding hydrogens is 399 g/mol. The zero-order chi connectivity index (χ0) is 19.9. The van der Waals surface area contributed by atoms with Crippen LogP contribution in [0.2, 0.25) is 10.0 Å². The predicted octanol–water partition coefficient (Wildman–Crippen LogP) is 4.12. The van der Waals surface area contributed by atoms with Crippen LogP contribution in [-0.4, -0.2) is 55.6 Å². The molecule has 0 unspecified atom stereocenters. The van der Waals surface area contributed by atoms with Gasteiger partial charge >= 0.3 is 0 Å². The van der Waals surface area contributed by atoms with E-state index in [1.54, 1.807) is 25.3 Å². The van der Waals surface area contributed by atoms with Gasteiger partial charge in [0.05, 0.1) is 17.2 Å². The van der Waals surface area contributed by atoms with Crippen LogP contribution in [0.5, 0.6) is 11.5 Å². The molecule has 1 heterocycles. The van der Waals surface area contributed by atoms with Crippen LogP contribution in [0.1, 0.15) is 12.0 Å². The van der Waals surface area contributed by atoms with Gasteiger partial charge in [0.1, 0.15) is 11.5 Å². The van der Waals surface area contributed by atoms with Gasteiger partial charge in [-0.05, 0) is 36.2 Å². The maximum absolute atomic E-state index is 12.5. The van der Waals surface area contributed by atoms with E-state index in [1.807, 2.05) is 17.0 Å². The van der Waals surface area contributed by atoms with E-state index in [0.29, 0.717) is 22.3 Å². The number of nitrogens with zero attached hydrogens (tertiary/aromatic N) is 2. The quantitative estimate of drug-likeness (QED) is 0.701. The van der Waals surface area contributed by atoms with Gasteiger partial charge in [0.2, 0.25) is 0 Å². The average Bonchev–Trinajstić information content (AvgIpc) is 2.95. The van der Waals surface area contributed by atoms with Gasteiger partial charge in [-0.1, -0.05) is 35.3 Å². The van der Waals surface area contributed by atoms with Gasteiger partial charge in [-0.15, -0.1) is 0 Å². The third-order valence-corrected chi connectivity index (χ3v) is 5.50. The molecule has 1 amide bonds. The van der Waals surface area contributed by atoms with Crippen molar-refractivity contribution in [1.29, 1.82) is 0 Å². The second-order valence-corrected chi connectivity index (χ2v) is 7.54. The van der Waals surface area contributed by atoms with Crippen molar-refractivity contribution >= 4 is 29.1 Å². The molecular formula is C21H24Cl2N2O3. The Hall–Kier alpha value is -1.95. The number of ether oxygens (including phenoxy) is 2. The van der Waals surface area contributed by atoms with Gasteiger partial charge in [0.25, 0.3) is 5.91 Å². The first-order valence-electron chi connectivity index (χ1n) is 9.26. The van der Waals surface area contributed by atoms with E-state index in [9.17, 15) is 4.79 Å². The summed E-state index contributed by atoms with van der Waals surface area (Å²) in [5.74, 6) is 1.38. The molecule has 0 saturated carbocycles. The van der Waals surface area contributed by atoms with E-state index in [4.69, 9.17) is 32.7 Å². The topological polar surface area (TPSA) is 42.0 Å². The van der Waals surface area contributed by atoms with E-state index in [0.717, 1.165) is 38.3 Å². The van der Waals surface area contributed by atoms with E-state index in [2.05, 4.69) is 17.0 Å². The first-order valence-corrected chi connectivity index (χ1v) is 10.0. The fourth-order valence-electron chi connectivity index (χ4n) is 3.17. The number of hydrogen-bond donors (Lipinski definition) is 0. The smallest absolute Gasteiger partial charge is 0.260 e. The minimum atomic E-state index is -0.0163. The van der Waals surface area contributed by atoms with Crippen molar-refractivity contribution < 1.29 is 14.3 Å². The molecule has 3 rings (SSSR count). The molecule has 5 nitrogen and oxygen atoms in total. The second kappa shape index (κ2) is 10.0. The predicted molar refractivity (Wildman–Crippen MR) is 111 cm³/mol. The van der Waals surface area contributed by atoms with Crippen LogP contribution in [0, 0.1) is 0 Å². The zero-order valence-electron chi connectivity index (χ0n) is 15.9. The highest BCUT2D eigenvalue weighted by Gasteiger charge is 2.19. The molecule has 1 saturated heterocycles. The van der Waals surface area contributed by atoms with Gasteiger partial charge < -0.3 is 14.4 Å². The highest BCUT2D eigenvalue weighted by Crippen LogP contribution is 2.26. The Balaban J connectivity index is 1.48. The summed E-state index contributed by atoms with van der Waals surface area (Å²) in [7, 11) is 1.67. The molecule has 150 valence electrons. The number of carbonyl (C=O) groups is 1. The van der Waals surface area contributed by atoms with Crippen molar-refractivity contribution in [3.63, 3.8) is 0 Å². The van der Waals surface area contributed by atoms with Crippen LogP contribution >= 0.6 is 23.2 Å². The second-order valence-electron chi connectivity index (χ2n) is 6.72. The Morgan fingerprint density at radius 3 is 2.43 bits per heavy atom. The molecule has 0 spiro atoms. The normalized spacial score (nSPS) is 15.2. The molecule has 0 N–H and O–H groups in total. The van der Waals surface area contributed by atoms with Crippen LogP contribution in [0.25, 0.3) is 0 Å². The molecule has 1 aliphatic rings. The number of amides is 1.